The van der Waals surface area contributed by atoms with Gasteiger partial charge in [0.05, 0.1) is 15.6 Å². The second-order valence-electron chi connectivity index (χ2n) is 9.19. The molecule has 1 unspecified atom stereocenters. The predicted molar refractivity (Wildman–Crippen MR) is 130 cm³/mol. The van der Waals surface area contributed by atoms with Gasteiger partial charge >= 0.3 is 0 Å². The van der Waals surface area contributed by atoms with E-state index in [-0.39, 0.29) is 16.7 Å². The number of amides is 1. The largest absolute Gasteiger partial charge is 0.494 e. The lowest BCUT2D eigenvalue weighted by molar-refractivity contribution is -0.138. The second-order valence-corrected chi connectivity index (χ2v) is 14.1. The zero-order valence-electron chi connectivity index (χ0n) is 18.6. The topological polar surface area (TPSA) is 66.9 Å². The average molecular weight is 497 g/mol. The molecule has 3 atom stereocenters. The van der Waals surface area contributed by atoms with Gasteiger partial charge in [0.15, 0.2) is 0 Å². The molecule has 4 aliphatic rings. The van der Waals surface area contributed by atoms with Gasteiger partial charge in [-0.2, -0.15) is 4.31 Å². The third-order valence-electron chi connectivity index (χ3n) is 7.55. The number of sulfonamides is 1. The molecule has 32 heavy (non-hydrogen) atoms. The van der Waals surface area contributed by atoms with E-state index in [9.17, 15) is 13.2 Å². The van der Waals surface area contributed by atoms with Gasteiger partial charge in [-0.05, 0) is 68.7 Å². The van der Waals surface area contributed by atoms with Crippen LogP contribution in [0.1, 0.15) is 32.6 Å². The third kappa shape index (κ3) is 3.97. The standard InChI is InChI=1S/C23H32N2O4S3/c1-2-29-20-5-7-21(8-6-20)32(27,28)25-11-9-24(10-12-25)22(26)17-15-18-3-4-19(16-17)23(18)30-13-14-31-23/h5-8,17-19H,2-4,9-16H2,1H3/t17?,18-,19+. The summed E-state index contributed by atoms with van der Waals surface area (Å²) in [5.41, 5.74) is 0. The summed E-state index contributed by atoms with van der Waals surface area (Å²) < 4.78 is 33.4. The Morgan fingerprint density at radius 3 is 2.19 bits per heavy atom. The van der Waals surface area contributed by atoms with E-state index in [0.717, 1.165) is 12.8 Å². The first-order valence-corrected chi connectivity index (χ1v) is 15.1. The van der Waals surface area contributed by atoms with Gasteiger partial charge in [0.25, 0.3) is 0 Å². The van der Waals surface area contributed by atoms with Gasteiger partial charge in [-0.15, -0.1) is 23.5 Å². The SMILES string of the molecule is CCOc1ccc(S(=O)(=O)N2CCN(C(=O)C3C[C@H]4CC[C@@H](C3)C43SCCS3)CC2)cc1. The molecule has 176 valence electrons. The maximum atomic E-state index is 13.3. The van der Waals surface area contributed by atoms with Crippen LogP contribution in [0.2, 0.25) is 0 Å². The van der Waals surface area contributed by atoms with Crippen molar-refractivity contribution < 1.29 is 17.9 Å². The average Bonchev–Trinajstić information content (AvgIpc) is 3.34. The first kappa shape index (κ1) is 22.9. The van der Waals surface area contributed by atoms with E-state index in [4.69, 9.17) is 4.74 Å². The molecule has 1 aromatic carbocycles. The molecule has 6 nitrogen and oxygen atoms in total. The number of carbonyl (C=O) groups excluding carboxylic acids is 1. The van der Waals surface area contributed by atoms with Crippen molar-refractivity contribution in [1.82, 2.24) is 9.21 Å². The minimum Gasteiger partial charge on any atom is -0.494 e. The van der Waals surface area contributed by atoms with Crippen LogP contribution >= 0.6 is 23.5 Å². The summed E-state index contributed by atoms with van der Waals surface area (Å²) in [7, 11) is -3.56. The molecule has 0 aromatic heterocycles. The van der Waals surface area contributed by atoms with Gasteiger partial charge in [-0.3, -0.25) is 4.79 Å². The summed E-state index contributed by atoms with van der Waals surface area (Å²) in [5.74, 6) is 4.86. The molecule has 2 heterocycles. The Balaban J connectivity index is 1.19. The fraction of sp³-hybridized carbons (Fsp3) is 0.696. The highest BCUT2D eigenvalue weighted by Crippen LogP contribution is 2.66. The maximum absolute atomic E-state index is 13.3. The molecule has 0 N–H and O–H groups in total. The number of piperazine rings is 1. The van der Waals surface area contributed by atoms with Crippen LogP contribution in [-0.2, 0) is 14.8 Å². The van der Waals surface area contributed by atoms with Gasteiger partial charge in [0.2, 0.25) is 15.9 Å². The summed E-state index contributed by atoms with van der Waals surface area (Å²) in [5, 5.41) is 0. The van der Waals surface area contributed by atoms with Crippen molar-refractivity contribution in [3.05, 3.63) is 24.3 Å². The summed E-state index contributed by atoms with van der Waals surface area (Å²) in [4.78, 5) is 15.5. The number of hydrogen-bond donors (Lipinski definition) is 0. The molecular weight excluding hydrogens is 464 g/mol. The summed E-state index contributed by atoms with van der Waals surface area (Å²) >= 11 is 4.31. The Morgan fingerprint density at radius 2 is 1.62 bits per heavy atom. The van der Waals surface area contributed by atoms with Gasteiger partial charge in [0, 0.05) is 43.6 Å². The number of rotatable bonds is 5. The summed E-state index contributed by atoms with van der Waals surface area (Å²) in [6.45, 7) is 4.12. The fourth-order valence-electron chi connectivity index (χ4n) is 6.03. The van der Waals surface area contributed by atoms with Crippen LogP contribution in [0.15, 0.2) is 29.2 Å². The van der Waals surface area contributed by atoms with Crippen LogP contribution in [0.3, 0.4) is 0 Å². The number of nitrogens with zero attached hydrogens (tertiary/aromatic N) is 2. The predicted octanol–water partition coefficient (Wildman–Crippen LogP) is 3.53. The fourth-order valence-corrected chi connectivity index (χ4v) is 11.4. The van der Waals surface area contributed by atoms with Crippen LogP contribution < -0.4 is 4.74 Å². The molecule has 1 spiro atoms. The lowest BCUT2D eigenvalue weighted by Gasteiger charge is -2.44. The minimum atomic E-state index is -3.56. The number of ether oxygens (including phenoxy) is 1. The van der Waals surface area contributed by atoms with Crippen molar-refractivity contribution in [2.45, 2.75) is 41.6 Å². The van der Waals surface area contributed by atoms with Crippen molar-refractivity contribution in [2.75, 3.05) is 44.3 Å². The van der Waals surface area contributed by atoms with Gasteiger partial charge in [-0.25, -0.2) is 8.42 Å². The van der Waals surface area contributed by atoms with Gasteiger partial charge in [0.1, 0.15) is 5.75 Å². The van der Waals surface area contributed by atoms with E-state index in [1.807, 2.05) is 11.8 Å². The van der Waals surface area contributed by atoms with E-state index in [2.05, 4.69) is 23.5 Å². The molecule has 5 rings (SSSR count). The molecule has 0 radical (unpaired) electrons. The zero-order valence-corrected chi connectivity index (χ0v) is 21.0. The second kappa shape index (κ2) is 9.04. The van der Waals surface area contributed by atoms with Crippen LogP contribution in [0.5, 0.6) is 5.75 Å². The summed E-state index contributed by atoms with van der Waals surface area (Å²) in [6, 6.07) is 6.59. The van der Waals surface area contributed by atoms with Crippen molar-refractivity contribution in [3.8, 4) is 5.75 Å². The highest BCUT2D eigenvalue weighted by molar-refractivity contribution is 8.21. The van der Waals surface area contributed by atoms with E-state index in [1.165, 1.54) is 28.7 Å². The molecule has 2 saturated carbocycles. The molecule has 1 aromatic rings. The van der Waals surface area contributed by atoms with E-state index >= 15 is 0 Å². The molecular formula is C23H32N2O4S3. The van der Waals surface area contributed by atoms with Crippen LogP contribution in [0.4, 0.5) is 0 Å². The summed E-state index contributed by atoms with van der Waals surface area (Å²) in [6.07, 6.45) is 4.56. The van der Waals surface area contributed by atoms with Crippen molar-refractivity contribution in [3.63, 3.8) is 0 Å². The Kier molecular flexibility index (Phi) is 6.46. The normalized spacial score (nSPS) is 30.0. The van der Waals surface area contributed by atoms with Crippen molar-refractivity contribution in [1.29, 1.82) is 0 Å². The number of benzene rings is 1. The van der Waals surface area contributed by atoms with Crippen LogP contribution in [0, 0.1) is 17.8 Å². The first-order chi connectivity index (χ1) is 15.4. The van der Waals surface area contributed by atoms with E-state index in [1.54, 1.807) is 24.3 Å². The van der Waals surface area contributed by atoms with Crippen LogP contribution in [-0.4, -0.2) is 71.9 Å². The molecule has 4 fully saturated rings. The van der Waals surface area contributed by atoms with E-state index in [0.29, 0.717) is 54.5 Å². The third-order valence-corrected chi connectivity index (χ3v) is 13.5. The highest BCUT2D eigenvalue weighted by Gasteiger charge is 2.57. The molecule has 2 bridgehead atoms. The van der Waals surface area contributed by atoms with Crippen LogP contribution in [0.25, 0.3) is 0 Å². The zero-order chi connectivity index (χ0) is 22.3. The lowest BCUT2D eigenvalue weighted by Crippen LogP contribution is -2.53. The Labute approximate surface area is 199 Å². The lowest BCUT2D eigenvalue weighted by atomic mass is 9.79. The molecule has 9 heteroatoms. The van der Waals surface area contributed by atoms with Crippen molar-refractivity contribution in [2.24, 2.45) is 17.8 Å². The molecule has 2 aliphatic carbocycles. The molecule has 2 saturated heterocycles. The molecule has 1 amide bonds. The Bertz CT molecular complexity index is 922. The highest BCUT2D eigenvalue weighted by atomic mass is 32.2. The van der Waals surface area contributed by atoms with Gasteiger partial charge < -0.3 is 9.64 Å². The minimum absolute atomic E-state index is 0.120. The number of thioether (sulfide) groups is 2. The van der Waals surface area contributed by atoms with Crippen molar-refractivity contribution >= 4 is 39.5 Å². The number of hydrogen-bond acceptors (Lipinski definition) is 6. The number of carbonyl (C=O) groups is 1. The van der Waals surface area contributed by atoms with E-state index < -0.39 is 10.0 Å². The Hall–Kier alpha value is -0.900. The monoisotopic (exact) mass is 496 g/mol. The maximum Gasteiger partial charge on any atom is 0.243 e. The first-order valence-electron chi connectivity index (χ1n) is 11.7. The smallest absolute Gasteiger partial charge is 0.243 e. The molecule has 2 aliphatic heterocycles. The quantitative estimate of drug-likeness (QED) is 0.621. The Morgan fingerprint density at radius 1 is 1.03 bits per heavy atom. The van der Waals surface area contributed by atoms with Gasteiger partial charge in [-0.1, -0.05) is 0 Å².